The Hall–Kier alpha value is -1.81. The molecule has 0 radical (unpaired) electrons. The fourth-order valence-electron chi connectivity index (χ4n) is 1.72. The van der Waals surface area contributed by atoms with Gasteiger partial charge in [-0.3, -0.25) is 0 Å². The van der Waals surface area contributed by atoms with E-state index in [0.717, 1.165) is 0 Å². The number of benzene rings is 2. The fourth-order valence-corrected chi connectivity index (χ4v) is 1.93. The van der Waals surface area contributed by atoms with Crippen LogP contribution in [0.1, 0.15) is 11.1 Å². The van der Waals surface area contributed by atoms with Crippen LogP contribution in [0.2, 0.25) is 0 Å². The van der Waals surface area contributed by atoms with Crippen LogP contribution in [0, 0.1) is 11.6 Å². The van der Waals surface area contributed by atoms with Gasteiger partial charge >= 0.3 is 0 Å². The summed E-state index contributed by atoms with van der Waals surface area (Å²) in [5.74, 6) is 0.201. The first kappa shape index (κ1) is 14.6. The lowest BCUT2D eigenvalue weighted by molar-refractivity contribution is 0.296. The molecule has 0 atom stereocenters. The van der Waals surface area contributed by atoms with Crippen LogP contribution in [-0.2, 0) is 12.5 Å². The predicted molar refractivity (Wildman–Crippen MR) is 73.2 cm³/mol. The number of alkyl halides is 1. The summed E-state index contributed by atoms with van der Waals surface area (Å²) < 4.78 is 37.2. The molecule has 0 aromatic heterocycles. The molecule has 0 unspecified atom stereocenters. The number of hydrogen-bond acceptors (Lipinski definition) is 2. The van der Waals surface area contributed by atoms with Gasteiger partial charge in [-0.1, -0.05) is 0 Å². The Morgan fingerprint density at radius 1 is 1.05 bits per heavy atom. The minimum atomic E-state index is -0.418. The van der Waals surface area contributed by atoms with Crippen LogP contribution in [-0.4, -0.2) is 7.11 Å². The number of hydrogen-bond donors (Lipinski definition) is 0. The number of rotatable bonds is 5. The first-order valence-corrected chi connectivity index (χ1v) is 6.47. The topological polar surface area (TPSA) is 18.5 Å². The molecule has 0 heterocycles. The maximum absolute atomic E-state index is 13.7. The highest BCUT2D eigenvalue weighted by Crippen LogP contribution is 2.24. The summed E-state index contributed by atoms with van der Waals surface area (Å²) in [5.41, 5.74) is 0.913. The van der Waals surface area contributed by atoms with E-state index >= 15 is 0 Å². The molecule has 106 valence electrons. The van der Waals surface area contributed by atoms with E-state index in [9.17, 15) is 8.78 Å². The molecule has 0 N–H and O–H groups in total. The Morgan fingerprint density at radius 3 is 2.50 bits per heavy atom. The van der Waals surface area contributed by atoms with Crippen LogP contribution in [0.15, 0.2) is 36.4 Å². The largest absolute Gasteiger partial charge is 0.497 e. The molecule has 20 heavy (non-hydrogen) atoms. The molecule has 2 nitrogen and oxygen atoms in total. The van der Waals surface area contributed by atoms with E-state index in [4.69, 9.17) is 21.1 Å². The molecule has 0 aliphatic carbocycles. The van der Waals surface area contributed by atoms with Crippen molar-refractivity contribution in [1.29, 1.82) is 0 Å². The summed E-state index contributed by atoms with van der Waals surface area (Å²) in [4.78, 5) is 0. The summed E-state index contributed by atoms with van der Waals surface area (Å²) >= 11 is 5.72. The zero-order valence-corrected chi connectivity index (χ0v) is 11.6. The quantitative estimate of drug-likeness (QED) is 0.767. The molecule has 0 aliphatic heterocycles. The highest BCUT2D eigenvalue weighted by Gasteiger charge is 2.08. The third-order valence-electron chi connectivity index (χ3n) is 2.81. The fraction of sp³-hybridized carbons (Fsp3) is 0.200. The molecule has 2 rings (SSSR count). The highest BCUT2D eigenvalue weighted by molar-refractivity contribution is 6.17. The Bertz CT molecular complexity index is 602. The van der Waals surface area contributed by atoms with E-state index in [1.165, 1.54) is 31.4 Å². The molecule has 0 amide bonds. The molecular weight excluding hydrogens is 286 g/mol. The molecule has 0 saturated heterocycles. The van der Waals surface area contributed by atoms with Gasteiger partial charge in [0, 0.05) is 17.2 Å². The number of ether oxygens (including phenoxy) is 2. The van der Waals surface area contributed by atoms with Crippen LogP contribution in [0.4, 0.5) is 8.78 Å². The number of halogens is 3. The molecular formula is C15H13ClF2O2. The highest BCUT2D eigenvalue weighted by atomic mass is 35.5. The summed E-state index contributed by atoms with van der Waals surface area (Å²) in [6.45, 7) is 0.0331. The summed E-state index contributed by atoms with van der Waals surface area (Å²) in [7, 11) is 1.47. The number of methoxy groups -OCH3 is 1. The van der Waals surface area contributed by atoms with Crippen molar-refractivity contribution in [1.82, 2.24) is 0 Å². The standard InChI is InChI=1S/C15H13ClF2O2/c1-19-13-4-2-10(14(18)7-13)9-20-15-5-3-12(17)6-11(15)8-16/h2-7H,8-9H2,1H3. The Kier molecular flexibility index (Phi) is 4.79. The molecule has 0 aliphatic rings. The van der Waals surface area contributed by atoms with Gasteiger partial charge in [-0.25, -0.2) is 8.78 Å². The molecule has 2 aromatic rings. The van der Waals surface area contributed by atoms with Gasteiger partial charge in [-0.2, -0.15) is 0 Å². The van der Waals surface area contributed by atoms with E-state index in [1.807, 2.05) is 0 Å². The van der Waals surface area contributed by atoms with E-state index in [-0.39, 0.29) is 18.3 Å². The third kappa shape index (κ3) is 3.39. The lowest BCUT2D eigenvalue weighted by atomic mass is 10.2. The average Bonchev–Trinajstić information content (AvgIpc) is 2.46. The average molecular weight is 299 g/mol. The van der Waals surface area contributed by atoms with Gasteiger partial charge < -0.3 is 9.47 Å². The van der Waals surface area contributed by atoms with E-state index in [2.05, 4.69) is 0 Å². The van der Waals surface area contributed by atoms with Gasteiger partial charge in [0.2, 0.25) is 0 Å². The second kappa shape index (κ2) is 6.57. The lowest BCUT2D eigenvalue weighted by Gasteiger charge is -2.11. The molecule has 0 bridgehead atoms. The first-order valence-electron chi connectivity index (χ1n) is 5.93. The van der Waals surface area contributed by atoms with Crippen molar-refractivity contribution in [3.8, 4) is 11.5 Å². The van der Waals surface area contributed by atoms with Gasteiger partial charge in [0.15, 0.2) is 0 Å². The van der Waals surface area contributed by atoms with Crippen LogP contribution < -0.4 is 9.47 Å². The molecule has 5 heteroatoms. The van der Waals surface area contributed by atoms with Gasteiger partial charge in [-0.15, -0.1) is 11.6 Å². The van der Waals surface area contributed by atoms with Gasteiger partial charge in [0.25, 0.3) is 0 Å². The first-order chi connectivity index (χ1) is 9.63. The zero-order chi connectivity index (χ0) is 14.5. The van der Waals surface area contributed by atoms with Crippen molar-refractivity contribution < 1.29 is 18.3 Å². The normalized spacial score (nSPS) is 10.4. The lowest BCUT2D eigenvalue weighted by Crippen LogP contribution is -2.01. The Labute approximate surface area is 120 Å². The molecule has 0 fully saturated rings. The zero-order valence-electron chi connectivity index (χ0n) is 10.8. The Morgan fingerprint density at radius 2 is 1.85 bits per heavy atom. The van der Waals surface area contributed by atoms with Crippen molar-refractivity contribution in [2.24, 2.45) is 0 Å². The molecule has 0 spiro atoms. The smallest absolute Gasteiger partial charge is 0.133 e. The predicted octanol–water partition coefficient (Wildman–Crippen LogP) is 4.29. The summed E-state index contributed by atoms with van der Waals surface area (Å²) in [6, 6.07) is 8.57. The van der Waals surface area contributed by atoms with Crippen LogP contribution in [0.25, 0.3) is 0 Å². The second-order valence-corrected chi connectivity index (χ2v) is 4.40. The van der Waals surface area contributed by atoms with Crippen LogP contribution >= 0.6 is 11.6 Å². The maximum Gasteiger partial charge on any atom is 0.133 e. The van der Waals surface area contributed by atoms with Crippen molar-refractivity contribution in [3.05, 3.63) is 59.2 Å². The SMILES string of the molecule is COc1ccc(COc2ccc(F)cc2CCl)c(F)c1. The second-order valence-electron chi connectivity index (χ2n) is 4.13. The monoisotopic (exact) mass is 298 g/mol. The van der Waals surface area contributed by atoms with Crippen LogP contribution in [0.5, 0.6) is 11.5 Å². The van der Waals surface area contributed by atoms with Crippen molar-refractivity contribution >= 4 is 11.6 Å². The molecule has 0 saturated carbocycles. The van der Waals surface area contributed by atoms with E-state index in [1.54, 1.807) is 12.1 Å². The maximum atomic E-state index is 13.7. The van der Waals surface area contributed by atoms with Gasteiger partial charge in [-0.05, 0) is 30.3 Å². The van der Waals surface area contributed by atoms with E-state index in [0.29, 0.717) is 22.6 Å². The van der Waals surface area contributed by atoms with Gasteiger partial charge in [0.05, 0.1) is 13.0 Å². The molecule has 2 aromatic carbocycles. The van der Waals surface area contributed by atoms with Crippen LogP contribution in [0.3, 0.4) is 0 Å². The van der Waals surface area contributed by atoms with Crippen molar-refractivity contribution in [2.45, 2.75) is 12.5 Å². The van der Waals surface area contributed by atoms with Crippen molar-refractivity contribution in [3.63, 3.8) is 0 Å². The summed E-state index contributed by atoms with van der Waals surface area (Å²) in [6.07, 6.45) is 0. The summed E-state index contributed by atoms with van der Waals surface area (Å²) in [5, 5.41) is 0. The van der Waals surface area contributed by atoms with Crippen molar-refractivity contribution in [2.75, 3.05) is 7.11 Å². The minimum Gasteiger partial charge on any atom is -0.497 e. The Balaban J connectivity index is 2.12. The van der Waals surface area contributed by atoms with E-state index < -0.39 is 5.82 Å². The third-order valence-corrected chi connectivity index (χ3v) is 3.10. The van der Waals surface area contributed by atoms with Gasteiger partial charge in [0.1, 0.15) is 29.7 Å². The minimum absolute atomic E-state index is 0.0331.